The molecule has 0 amide bonds. The van der Waals surface area contributed by atoms with Crippen molar-refractivity contribution in [1.82, 2.24) is 0 Å². The first-order valence-electron chi connectivity index (χ1n) is 27.9. The van der Waals surface area contributed by atoms with Gasteiger partial charge in [0, 0.05) is 12.8 Å². The van der Waals surface area contributed by atoms with Crippen LogP contribution < -0.4 is 0 Å². The molecule has 0 N–H and O–H groups in total. The molecule has 2 unspecified atom stereocenters. The van der Waals surface area contributed by atoms with E-state index in [-0.39, 0.29) is 0 Å². The fourth-order valence-corrected chi connectivity index (χ4v) is 7.77. The maximum atomic E-state index is 7.20. The van der Waals surface area contributed by atoms with Gasteiger partial charge in [0.05, 0.1) is 39.6 Å². The van der Waals surface area contributed by atoms with E-state index >= 15 is 0 Å². The van der Waals surface area contributed by atoms with Crippen LogP contribution in [0.25, 0.3) is 0 Å². The second kappa shape index (κ2) is 50.0. The third-order valence-corrected chi connectivity index (χ3v) is 11.7. The minimum atomic E-state index is -0.799. The van der Waals surface area contributed by atoms with Gasteiger partial charge in [-0.05, 0) is 51.4 Å². The number of hydrogen-bond acceptors (Lipinski definition) is 7. The van der Waals surface area contributed by atoms with Gasteiger partial charge in [-0.25, -0.2) is 0 Å². The summed E-state index contributed by atoms with van der Waals surface area (Å²) in [5, 5.41) is 0. The predicted octanol–water partition coefficient (Wildman–Crippen LogP) is 18.4. The Morgan fingerprint density at radius 2 is 0.508 bits per heavy atom. The average Bonchev–Trinajstić information content (AvgIpc) is 3.29. The van der Waals surface area contributed by atoms with Gasteiger partial charge in [0.15, 0.2) is 11.5 Å². The van der Waals surface area contributed by atoms with Crippen molar-refractivity contribution in [2.75, 3.05) is 39.6 Å². The fourth-order valence-electron chi connectivity index (χ4n) is 7.77. The molecule has 0 aliphatic heterocycles. The molecule has 0 aromatic rings. The molecule has 7 nitrogen and oxygen atoms in total. The molecule has 0 rings (SSSR count). The van der Waals surface area contributed by atoms with Crippen LogP contribution in [0.2, 0.25) is 0 Å². The van der Waals surface area contributed by atoms with E-state index < -0.39 is 12.6 Å². The fraction of sp³-hybridized carbons (Fsp3) is 0.929. The summed E-state index contributed by atoms with van der Waals surface area (Å²) in [6.45, 7) is 21.3. The highest BCUT2D eigenvalue weighted by molar-refractivity contribution is 5.09. The van der Waals surface area contributed by atoms with Gasteiger partial charge in [-0.2, -0.15) is 0 Å². The quantitative estimate of drug-likeness (QED) is 0.0342. The molecular formula is C56H110O7. The Morgan fingerprint density at radius 1 is 0.254 bits per heavy atom. The highest BCUT2D eigenvalue weighted by atomic mass is 16.8. The molecule has 63 heavy (non-hydrogen) atoms. The van der Waals surface area contributed by atoms with Gasteiger partial charge in [-0.15, -0.1) is 0 Å². The molecule has 0 bridgehead atoms. The zero-order valence-corrected chi connectivity index (χ0v) is 43.7. The predicted molar refractivity (Wildman–Crippen MR) is 270 cm³/mol. The lowest BCUT2D eigenvalue weighted by atomic mass is 10.1. The van der Waals surface area contributed by atoms with Crippen LogP contribution in [0.4, 0.5) is 0 Å². The van der Waals surface area contributed by atoms with E-state index in [1.165, 1.54) is 154 Å². The van der Waals surface area contributed by atoms with E-state index in [1.807, 2.05) is 0 Å². The smallest absolute Gasteiger partial charge is 0.223 e. The van der Waals surface area contributed by atoms with Crippen molar-refractivity contribution in [2.45, 2.75) is 299 Å². The van der Waals surface area contributed by atoms with Crippen molar-refractivity contribution >= 4 is 0 Å². The molecule has 376 valence electrons. The van der Waals surface area contributed by atoms with Gasteiger partial charge in [-0.1, -0.05) is 222 Å². The highest BCUT2D eigenvalue weighted by Crippen LogP contribution is 2.29. The lowest BCUT2D eigenvalue weighted by Gasteiger charge is -2.30. The summed E-state index contributed by atoms with van der Waals surface area (Å²) in [6, 6.07) is 0. The van der Waals surface area contributed by atoms with Crippen LogP contribution in [0.5, 0.6) is 0 Å². The molecule has 7 heteroatoms. The van der Waals surface area contributed by atoms with E-state index in [0.29, 0.717) is 51.2 Å². The Balaban J connectivity index is 6.98. The third kappa shape index (κ3) is 37.4. The van der Waals surface area contributed by atoms with Gasteiger partial charge in [0.2, 0.25) is 12.6 Å². The molecule has 0 radical (unpaired) electrons. The van der Waals surface area contributed by atoms with E-state index in [2.05, 4.69) is 55.4 Å². The van der Waals surface area contributed by atoms with Crippen LogP contribution >= 0.6 is 0 Å². The highest BCUT2D eigenvalue weighted by Gasteiger charge is 2.32. The van der Waals surface area contributed by atoms with E-state index in [9.17, 15) is 0 Å². The molecule has 0 aromatic heterocycles. The first-order chi connectivity index (χ1) is 31.1. The Kier molecular flexibility index (Phi) is 48.8. The zero-order valence-electron chi connectivity index (χ0n) is 43.7. The molecule has 0 aromatic carbocycles. The second-order valence-corrected chi connectivity index (χ2v) is 18.2. The SMILES string of the molecule is CCCCCCCCCCC(OCCC)=C(OCCC)C(OCCCCCCCCC)OC(OCCCCCCCCC)C(OCCC)=C(CCCCCCCCCC)OCCC. The number of unbranched alkanes of at least 4 members (excludes halogenated alkanes) is 26. The summed E-state index contributed by atoms with van der Waals surface area (Å²) >= 11 is 0. The number of hydrogen-bond donors (Lipinski definition) is 0. The van der Waals surface area contributed by atoms with Crippen LogP contribution in [0.1, 0.15) is 287 Å². The zero-order chi connectivity index (χ0) is 46.1. The summed E-state index contributed by atoms with van der Waals surface area (Å²) in [6.07, 6.45) is 40.8. The van der Waals surface area contributed by atoms with Crippen LogP contribution in [-0.4, -0.2) is 52.2 Å². The first kappa shape index (κ1) is 61.6. The van der Waals surface area contributed by atoms with Crippen LogP contribution in [0, 0.1) is 0 Å². The van der Waals surface area contributed by atoms with E-state index in [1.54, 1.807) is 0 Å². The maximum absolute atomic E-state index is 7.20. The van der Waals surface area contributed by atoms with Gasteiger partial charge >= 0.3 is 0 Å². The van der Waals surface area contributed by atoms with Crippen LogP contribution in [0.3, 0.4) is 0 Å². The van der Waals surface area contributed by atoms with Crippen molar-refractivity contribution in [3.8, 4) is 0 Å². The Hall–Kier alpha value is -1.44. The summed E-state index contributed by atoms with van der Waals surface area (Å²) in [7, 11) is 0. The molecule has 2 atom stereocenters. The molecule has 0 heterocycles. The van der Waals surface area contributed by atoms with E-state index in [0.717, 1.165) is 88.6 Å². The van der Waals surface area contributed by atoms with Crippen LogP contribution in [0.15, 0.2) is 23.0 Å². The molecule has 0 fully saturated rings. The van der Waals surface area contributed by atoms with Gasteiger partial charge in [0.25, 0.3) is 0 Å². The van der Waals surface area contributed by atoms with Crippen LogP contribution in [-0.2, 0) is 33.2 Å². The maximum Gasteiger partial charge on any atom is 0.223 e. The topological polar surface area (TPSA) is 64.6 Å². The Morgan fingerprint density at radius 3 is 0.794 bits per heavy atom. The first-order valence-corrected chi connectivity index (χ1v) is 27.9. The molecular weight excluding hydrogens is 785 g/mol. The van der Waals surface area contributed by atoms with Crippen molar-refractivity contribution in [3.05, 3.63) is 23.0 Å². The van der Waals surface area contributed by atoms with Gasteiger partial charge < -0.3 is 33.2 Å². The van der Waals surface area contributed by atoms with Crippen molar-refractivity contribution in [1.29, 1.82) is 0 Å². The third-order valence-electron chi connectivity index (χ3n) is 11.7. The minimum Gasteiger partial charge on any atom is -0.494 e. The Labute approximate surface area is 393 Å². The molecule has 0 aliphatic carbocycles. The summed E-state index contributed by atoms with van der Waals surface area (Å²) < 4.78 is 47.6. The van der Waals surface area contributed by atoms with E-state index in [4.69, 9.17) is 33.2 Å². The number of ether oxygens (including phenoxy) is 7. The van der Waals surface area contributed by atoms with Crippen molar-refractivity contribution in [3.63, 3.8) is 0 Å². The standard InChI is InChI=1S/C56H110O7/c1-9-17-21-25-29-31-35-39-43-51(57-45-13-5)53(59-47-15-7)55(61-49-41-37-33-27-23-19-11-3)63-56(62-50-42-38-34-28-24-20-12-4)54(60-48-16-8)52(58-46-14-6)44-40-36-32-30-26-22-18-10-2/h55-56H,9-50H2,1-8H3. The molecule has 0 spiro atoms. The summed E-state index contributed by atoms with van der Waals surface area (Å²) in [4.78, 5) is 0. The Bertz CT molecular complexity index is 905. The molecule has 0 aliphatic rings. The molecule has 0 saturated carbocycles. The number of rotatable bonds is 52. The second-order valence-electron chi connectivity index (χ2n) is 18.2. The number of allylic oxidation sites excluding steroid dienone is 2. The van der Waals surface area contributed by atoms with Crippen molar-refractivity contribution < 1.29 is 33.2 Å². The van der Waals surface area contributed by atoms with Crippen molar-refractivity contribution in [2.24, 2.45) is 0 Å². The minimum absolute atomic E-state index is 0.564. The summed E-state index contributed by atoms with van der Waals surface area (Å²) in [5.41, 5.74) is 0. The normalized spacial score (nSPS) is 13.5. The summed E-state index contributed by atoms with van der Waals surface area (Å²) in [5.74, 6) is 3.09. The largest absolute Gasteiger partial charge is 0.494 e. The monoisotopic (exact) mass is 895 g/mol. The lowest BCUT2D eigenvalue weighted by Crippen LogP contribution is -2.34. The van der Waals surface area contributed by atoms with Gasteiger partial charge in [0.1, 0.15) is 11.5 Å². The molecule has 0 saturated heterocycles. The average molecular weight is 895 g/mol. The van der Waals surface area contributed by atoms with Gasteiger partial charge in [-0.3, -0.25) is 0 Å². The lowest BCUT2D eigenvalue weighted by molar-refractivity contribution is -0.243.